The number of allylic oxidation sites excluding steroid dienone is 2. The second-order valence-corrected chi connectivity index (χ2v) is 4.83. The first kappa shape index (κ1) is 14.3. The maximum Gasteiger partial charge on any atom is 0.0867 e. The third-order valence-corrected chi connectivity index (χ3v) is 3.02. The second kappa shape index (κ2) is 6.85. The van der Waals surface area contributed by atoms with E-state index in [9.17, 15) is 0 Å². The fourth-order valence-electron chi connectivity index (χ4n) is 1.90. The van der Waals surface area contributed by atoms with Crippen LogP contribution in [0.5, 0.6) is 0 Å². The van der Waals surface area contributed by atoms with E-state index in [1.54, 1.807) is 0 Å². The highest BCUT2D eigenvalue weighted by Crippen LogP contribution is 2.22. The molecule has 2 nitrogen and oxygen atoms in total. The standard InChI is InChI=1S/C12H14N2.C6H6/c13-12(14)8-6-11(7-9-12)10-4-2-1-3-5-10;1-2-4-6-5-3-1/h1-8H,9,13-14H2;1-6H. The summed E-state index contributed by atoms with van der Waals surface area (Å²) in [6.07, 6.45) is 6.61. The molecular formula is C18H20N2. The van der Waals surface area contributed by atoms with Crippen molar-refractivity contribution in [1.82, 2.24) is 0 Å². The zero-order valence-electron chi connectivity index (χ0n) is 11.4. The molecule has 2 aromatic carbocycles. The van der Waals surface area contributed by atoms with Crippen LogP contribution in [0.25, 0.3) is 5.57 Å². The molecule has 0 spiro atoms. The highest BCUT2D eigenvalue weighted by atomic mass is 14.9. The molecule has 1 aliphatic carbocycles. The molecule has 0 radical (unpaired) electrons. The summed E-state index contributed by atoms with van der Waals surface area (Å²) < 4.78 is 0. The molecule has 0 saturated carbocycles. The van der Waals surface area contributed by atoms with Crippen molar-refractivity contribution in [3.63, 3.8) is 0 Å². The molecule has 0 fully saturated rings. The Morgan fingerprint density at radius 2 is 1.25 bits per heavy atom. The van der Waals surface area contributed by atoms with Gasteiger partial charge < -0.3 is 11.5 Å². The van der Waals surface area contributed by atoms with Crippen LogP contribution < -0.4 is 11.5 Å². The molecule has 0 unspecified atom stereocenters. The van der Waals surface area contributed by atoms with E-state index in [0.29, 0.717) is 6.42 Å². The second-order valence-electron chi connectivity index (χ2n) is 4.83. The molecule has 0 bridgehead atoms. The summed E-state index contributed by atoms with van der Waals surface area (Å²) in [7, 11) is 0. The maximum atomic E-state index is 5.76. The first-order chi connectivity index (χ1) is 9.67. The quantitative estimate of drug-likeness (QED) is 0.776. The van der Waals surface area contributed by atoms with Gasteiger partial charge >= 0.3 is 0 Å². The van der Waals surface area contributed by atoms with Gasteiger partial charge in [0.1, 0.15) is 0 Å². The predicted octanol–water partition coefficient (Wildman–Crippen LogP) is 3.33. The summed E-state index contributed by atoms with van der Waals surface area (Å²) in [5.41, 5.74) is 13.3. The Bertz CT molecular complexity index is 542. The topological polar surface area (TPSA) is 52.0 Å². The van der Waals surface area contributed by atoms with Gasteiger partial charge in [0.2, 0.25) is 0 Å². The van der Waals surface area contributed by atoms with Crippen LogP contribution in [0.15, 0.2) is 85.0 Å². The molecule has 2 aromatic rings. The highest BCUT2D eigenvalue weighted by Gasteiger charge is 2.16. The van der Waals surface area contributed by atoms with Crippen LogP contribution >= 0.6 is 0 Å². The van der Waals surface area contributed by atoms with E-state index >= 15 is 0 Å². The smallest absolute Gasteiger partial charge is 0.0867 e. The monoisotopic (exact) mass is 264 g/mol. The zero-order chi connectivity index (χ0) is 14.3. The fourth-order valence-corrected chi connectivity index (χ4v) is 1.90. The van der Waals surface area contributed by atoms with Crippen LogP contribution in [0.3, 0.4) is 0 Å². The number of nitrogens with two attached hydrogens (primary N) is 2. The molecule has 4 N–H and O–H groups in total. The van der Waals surface area contributed by atoms with Gasteiger partial charge in [-0.25, -0.2) is 0 Å². The van der Waals surface area contributed by atoms with Gasteiger partial charge in [-0.05, 0) is 17.2 Å². The van der Waals surface area contributed by atoms with Crippen LogP contribution in [0.4, 0.5) is 0 Å². The van der Waals surface area contributed by atoms with Gasteiger partial charge in [0, 0.05) is 6.42 Å². The number of benzene rings is 2. The molecule has 0 heterocycles. The van der Waals surface area contributed by atoms with E-state index in [0.717, 1.165) is 0 Å². The molecule has 0 aromatic heterocycles. The average molecular weight is 264 g/mol. The van der Waals surface area contributed by atoms with E-state index in [1.165, 1.54) is 11.1 Å². The Morgan fingerprint density at radius 1 is 0.750 bits per heavy atom. The van der Waals surface area contributed by atoms with Crippen molar-refractivity contribution < 1.29 is 0 Å². The molecule has 102 valence electrons. The lowest BCUT2D eigenvalue weighted by Gasteiger charge is -2.22. The first-order valence-electron chi connectivity index (χ1n) is 6.70. The van der Waals surface area contributed by atoms with Crippen molar-refractivity contribution in [3.05, 3.63) is 90.5 Å². The number of hydrogen-bond donors (Lipinski definition) is 2. The lowest BCUT2D eigenvalue weighted by Crippen LogP contribution is -2.47. The summed E-state index contributed by atoms with van der Waals surface area (Å²) in [6, 6.07) is 22.2. The molecule has 2 heteroatoms. The van der Waals surface area contributed by atoms with Crippen molar-refractivity contribution in [2.75, 3.05) is 0 Å². The van der Waals surface area contributed by atoms with Crippen molar-refractivity contribution in [2.24, 2.45) is 11.5 Å². The molecule has 0 saturated heterocycles. The molecule has 1 aliphatic rings. The largest absolute Gasteiger partial charge is 0.310 e. The molecular weight excluding hydrogens is 244 g/mol. The van der Waals surface area contributed by atoms with Crippen LogP contribution in [0.2, 0.25) is 0 Å². The summed E-state index contributed by atoms with van der Waals surface area (Å²) >= 11 is 0. The van der Waals surface area contributed by atoms with Crippen LogP contribution in [0.1, 0.15) is 12.0 Å². The zero-order valence-corrected chi connectivity index (χ0v) is 11.4. The Kier molecular flexibility index (Phi) is 4.88. The number of hydrogen-bond acceptors (Lipinski definition) is 2. The summed E-state index contributed by atoms with van der Waals surface area (Å²) in [5, 5.41) is 0. The van der Waals surface area contributed by atoms with Crippen LogP contribution in [-0.2, 0) is 0 Å². The third kappa shape index (κ3) is 4.50. The average Bonchev–Trinajstić information content (AvgIpc) is 2.50. The van der Waals surface area contributed by atoms with Gasteiger partial charge in [-0.2, -0.15) is 0 Å². The van der Waals surface area contributed by atoms with E-state index in [-0.39, 0.29) is 0 Å². The van der Waals surface area contributed by atoms with E-state index in [4.69, 9.17) is 11.5 Å². The summed E-state index contributed by atoms with van der Waals surface area (Å²) in [6.45, 7) is 0. The molecule has 0 aliphatic heterocycles. The van der Waals surface area contributed by atoms with Gasteiger partial charge in [0.15, 0.2) is 0 Å². The van der Waals surface area contributed by atoms with Crippen molar-refractivity contribution in [3.8, 4) is 0 Å². The van der Waals surface area contributed by atoms with Gasteiger partial charge in [0.25, 0.3) is 0 Å². The first-order valence-corrected chi connectivity index (χ1v) is 6.70. The molecule has 0 atom stereocenters. The van der Waals surface area contributed by atoms with E-state index in [1.807, 2.05) is 66.7 Å². The van der Waals surface area contributed by atoms with Crippen LogP contribution in [-0.4, -0.2) is 5.66 Å². The lowest BCUT2D eigenvalue weighted by atomic mass is 9.94. The SMILES string of the molecule is NC1(N)C=CC(c2ccccc2)=CC1.c1ccccc1. The Balaban J connectivity index is 0.000000205. The fraction of sp³-hybridized carbons (Fsp3) is 0.111. The molecule has 0 amide bonds. The highest BCUT2D eigenvalue weighted by molar-refractivity contribution is 5.75. The summed E-state index contributed by atoms with van der Waals surface area (Å²) in [5.74, 6) is 0. The lowest BCUT2D eigenvalue weighted by molar-refractivity contribution is 0.559. The van der Waals surface area contributed by atoms with Gasteiger partial charge in [-0.1, -0.05) is 78.9 Å². The molecule has 20 heavy (non-hydrogen) atoms. The third-order valence-electron chi connectivity index (χ3n) is 3.02. The maximum absolute atomic E-state index is 5.76. The minimum Gasteiger partial charge on any atom is -0.310 e. The predicted molar refractivity (Wildman–Crippen MR) is 85.7 cm³/mol. The van der Waals surface area contributed by atoms with E-state index < -0.39 is 5.66 Å². The van der Waals surface area contributed by atoms with Crippen LogP contribution in [0, 0.1) is 0 Å². The summed E-state index contributed by atoms with van der Waals surface area (Å²) in [4.78, 5) is 0. The van der Waals surface area contributed by atoms with Gasteiger partial charge in [-0.3, -0.25) is 0 Å². The van der Waals surface area contributed by atoms with Gasteiger partial charge in [0.05, 0.1) is 5.66 Å². The minimum atomic E-state index is -0.668. The Labute approximate surface area is 120 Å². The molecule has 3 rings (SSSR count). The normalized spacial score (nSPS) is 15.8. The number of rotatable bonds is 1. The minimum absolute atomic E-state index is 0.668. The van der Waals surface area contributed by atoms with Crippen molar-refractivity contribution in [1.29, 1.82) is 0 Å². The van der Waals surface area contributed by atoms with Crippen molar-refractivity contribution >= 4 is 5.57 Å². The van der Waals surface area contributed by atoms with Crippen molar-refractivity contribution in [2.45, 2.75) is 12.1 Å². The Morgan fingerprint density at radius 3 is 1.70 bits per heavy atom. The Hall–Kier alpha value is -2.16. The van der Waals surface area contributed by atoms with E-state index in [2.05, 4.69) is 18.2 Å². The van der Waals surface area contributed by atoms with Gasteiger partial charge in [-0.15, -0.1) is 0 Å².